The third-order valence-electron chi connectivity index (χ3n) is 6.16. The van der Waals surface area contributed by atoms with E-state index in [9.17, 15) is 0 Å². The van der Waals surface area contributed by atoms with Crippen LogP contribution in [0.1, 0.15) is 0 Å². The fourth-order valence-corrected chi connectivity index (χ4v) is 9.55. The number of thiophene rings is 4. The van der Waals surface area contributed by atoms with Crippen molar-refractivity contribution < 1.29 is 9.47 Å². The van der Waals surface area contributed by atoms with Crippen molar-refractivity contribution in [2.45, 2.75) is 0 Å². The van der Waals surface area contributed by atoms with Gasteiger partial charge in [0.25, 0.3) is 0 Å². The number of rotatable bonds is 4. The number of methoxy groups -OCH3 is 2. The molecule has 0 aliphatic heterocycles. The highest BCUT2D eigenvalue weighted by Gasteiger charge is 2.16. The molecule has 0 unspecified atom stereocenters. The molecule has 4 heterocycles. The Kier molecular flexibility index (Phi) is 4.71. The first-order chi connectivity index (χ1) is 16.7. The second kappa shape index (κ2) is 7.82. The van der Waals surface area contributed by atoms with Crippen LogP contribution in [0.5, 0.6) is 11.5 Å². The number of hydrogen-bond acceptors (Lipinski definition) is 6. The molecule has 0 spiro atoms. The summed E-state index contributed by atoms with van der Waals surface area (Å²) in [6, 6.07) is 26.2. The fourth-order valence-electron chi connectivity index (χ4n) is 4.39. The third kappa shape index (κ3) is 3.17. The zero-order valence-corrected chi connectivity index (χ0v) is 21.6. The van der Waals surface area contributed by atoms with E-state index in [1.165, 1.54) is 59.9 Å². The summed E-state index contributed by atoms with van der Waals surface area (Å²) in [5.41, 5.74) is 2.48. The van der Waals surface area contributed by atoms with E-state index in [4.69, 9.17) is 9.47 Å². The van der Waals surface area contributed by atoms with E-state index in [0.717, 1.165) is 11.5 Å². The van der Waals surface area contributed by atoms with Crippen molar-refractivity contribution in [3.63, 3.8) is 0 Å². The van der Waals surface area contributed by atoms with Crippen LogP contribution in [0.3, 0.4) is 0 Å². The molecule has 0 bridgehead atoms. The SMILES string of the molecule is COc1ccc(-c2cc3sc4cc5sc6cc(-c7ccc(OC)cc7)sc6c5cc4c3s2)cc1. The molecule has 34 heavy (non-hydrogen) atoms. The van der Waals surface area contributed by atoms with Crippen LogP contribution >= 0.6 is 45.3 Å². The second-order valence-corrected chi connectivity index (χ2v) is 12.4. The standard InChI is InChI=1S/C28H18O2S4/c1-29-17-7-3-15(4-8-17)21-12-25-27(33-21)19-11-20-24(14-23(19)31-25)32-26-13-22(34-28(20)26)16-5-9-18(30-2)10-6-16/h3-14H,1-2H3. The van der Waals surface area contributed by atoms with E-state index in [2.05, 4.69) is 48.5 Å². The van der Waals surface area contributed by atoms with Gasteiger partial charge in [-0.1, -0.05) is 0 Å². The molecular weight excluding hydrogens is 497 g/mol. The lowest BCUT2D eigenvalue weighted by Crippen LogP contribution is -1.81. The Morgan fingerprint density at radius 1 is 0.471 bits per heavy atom. The first-order valence-electron chi connectivity index (χ1n) is 10.8. The van der Waals surface area contributed by atoms with E-state index in [1.54, 1.807) is 14.2 Å². The maximum atomic E-state index is 5.32. The lowest BCUT2D eigenvalue weighted by molar-refractivity contribution is 0.415. The molecule has 2 nitrogen and oxygen atoms in total. The highest BCUT2D eigenvalue weighted by atomic mass is 32.1. The van der Waals surface area contributed by atoms with Gasteiger partial charge in [-0.15, -0.1) is 45.3 Å². The first kappa shape index (κ1) is 20.5. The molecule has 3 aromatic carbocycles. The van der Waals surface area contributed by atoms with Crippen molar-refractivity contribution in [1.29, 1.82) is 0 Å². The van der Waals surface area contributed by atoms with Gasteiger partial charge in [-0.05, 0) is 83.9 Å². The summed E-state index contributed by atoms with van der Waals surface area (Å²) in [4.78, 5) is 2.61. The zero-order valence-electron chi connectivity index (χ0n) is 18.4. The van der Waals surface area contributed by atoms with Crippen molar-refractivity contribution in [2.75, 3.05) is 14.2 Å². The summed E-state index contributed by atoms with van der Waals surface area (Å²) in [5.74, 6) is 1.78. The summed E-state index contributed by atoms with van der Waals surface area (Å²) in [6.07, 6.45) is 0. The normalized spacial score (nSPS) is 11.8. The Bertz CT molecular complexity index is 1680. The number of ether oxygens (including phenoxy) is 2. The van der Waals surface area contributed by atoms with Crippen LogP contribution in [0, 0.1) is 0 Å². The van der Waals surface area contributed by atoms with Crippen molar-refractivity contribution in [1.82, 2.24) is 0 Å². The van der Waals surface area contributed by atoms with Gasteiger partial charge in [-0.2, -0.15) is 0 Å². The molecule has 7 rings (SSSR count). The molecule has 0 saturated carbocycles. The Morgan fingerprint density at radius 2 is 0.912 bits per heavy atom. The Balaban J connectivity index is 1.35. The molecule has 6 heteroatoms. The molecule has 0 atom stereocenters. The lowest BCUT2D eigenvalue weighted by atomic mass is 10.1. The summed E-state index contributed by atoms with van der Waals surface area (Å²) in [5, 5.41) is 2.74. The van der Waals surface area contributed by atoms with Crippen LogP contribution in [0.2, 0.25) is 0 Å². The van der Waals surface area contributed by atoms with E-state index < -0.39 is 0 Å². The minimum atomic E-state index is 0.890. The van der Waals surface area contributed by atoms with Crippen LogP contribution in [0.25, 0.3) is 59.9 Å². The second-order valence-electron chi connectivity index (χ2n) is 8.11. The molecule has 0 aliphatic carbocycles. The van der Waals surface area contributed by atoms with Gasteiger partial charge in [0.2, 0.25) is 0 Å². The molecule has 0 radical (unpaired) electrons. The minimum Gasteiger partial charge on any atom is -0.497 e. The average Bonchev–Trinajstić information content (AvgIpc) is 3.62. The van der Waals surface area contributed by atoms with Crippen molar-refractivity contribution in [2.24, 2.45) is 0 Å². The highest BCUT2D eigenvalue weighted by molar-refractivity contribution is 7.35. The molecule has 166 valence electrons. The third-order valence-corrected chi connectivity index (χ3v) is 11.0. The van der Waals surface area contributed by atoms with Crippen LogP contribution in [-0.4, -0.2) is 14.2 Å². The van der Waals surface area contributed by atoms with Gasteiger partial charge in [0.1, 0.15) is 11.5 Å². The topological polar surface area (TPSA) is 18.5 Å². The molecule has 0 amide bonds. The van der Waals surface area contributed by atoms with Gasteiger partial charge < -0.3 is 9.47 Å². The molecule has 0 fully saturated rings. The first-order valence-corrected chi connectivity index (χ1v) is 14.1. The zero-order chi connectivity index (χ0) is 22.8. The van der Waals surface area contributed by atoms with Gasteiger partial charge in [0, 0.05) is 39.3 Å². The largest absolute Gasteiger partial charge is 0.497 e. The van der Waals surface area contributed by atoms with Gasteiger partial charge in [0.05, 0.1) is 23.6 Å². The highest BCUT2D eigenvalue weighted by Crippen LogP contribution is 2.48. The number of benzene rings is 3. The van der Waals surface area contributed by atoms with Gasteiger partial charge in [0.15, 0.2) is 0 Å². The van der Waals surface area contributed by atoms with Crippen LogP contribution < -0.4 is 9.47 Å². The molecule has 0 N–H and O–H groups in total. The molecule has 0 saturated heterocycles. The van der Waals surface area contributed by atoms with Gasteiger partial charge in [-0.3, -0.25) is 0 Å². The smallest absolute Gasteiger partial charge is 0.118 e. The number of fused-ring (bicyclic) bond motifs is 6. The van der Waals surface area contributed by atoms with Crippen molar-refractivity contribution in [3.8, 4) is 32.4 Å². The predicted octanol–water partition coefficient (Wildman–Crippen LogP) is 9.90. The van der Waals surface area contributed by atoms with Crippen molar-refractivity contribution in [3.05, 3.63) is 72.8 Å². The summed E-state index contributed by atoms with van der Waals surface area (Å²) in [7, 11) is 3.41. The Hall–Kier alpha value is -2.90. The summed E-state index contributed by atoms with van der Waals surface area (Å²) >= 11 is 7.57. The monoisotopic (exact) mass is 514 g/mol. The van der Waals surface area contributed by atoms with Crippen molar-refractivity contribution >= 4 is 84.3 Å². The maximum absolute atomic E-state index is 5.32. The van der Waals surface area contributed by atoms with E-state index in [1.807, 2.05) is 69.6 Å². The molecular formula is C28H18O2S4. The van der Waals surface area contributed by atoms with Crippen LogP contribution in [0.4, 0.5) is 0 Å². The average molecular weight is 515 g/mol. The van der Waals surface area contributed by atoms with E-state index in [0.29, 0.717) is 0 Å². The predicted molar refractivity (Wildman–Crippen MR) is 152 cm³/mol. The van der Waals surface area contributed by atoms with Crippen LogP contribution in [-0.2, 0) is 0 Å². The van der Waals surface area contributed by atoms with E-state index in [-0.39, 0.29) is 0 Å². The summed E-state index contributed by atoms with van der Waals surface area (Å²) in [6.45, 7) is 0. The number of hydrogen-bond donors (Lipinski definition) is 0. The molecule has 7 aromatic rings. The van der Waals surface area contributed by atoms with E-state index >= 15 is 0 Å². The minimum absolute atomic E-state index is 0.890. The lowest BCUT2D eigenvalue weighted by Gasteiger charge is -2.01. The van der Waals surface area contributed by atoms with Crippen LogP contribution in [0.15, 0.2) is 72.8 Å². The molecule has 4 aromatic heterocycles. The maximum Gasteiger partial charge on any atom is 0.118 e. The summed E-state index contributed by atoms with van der Waals surface area (Å²) < 4.78 is 18.9. The van der Waals surface area contributed by atoms with Gasteiger partial charge >= 0.3 is 0 Å². The Labute approximate surface area is 212 Å². The fraction of sp³-hybridized carbons (Fsp3) is 0.0714. The molecule has 0 aliphatic rings. The van der Waals surface area contributed by atoms with Gasteiger partial charge in [-0.25, -0.2) is 0 Å². The Morgan fingerprint density at radius 3 is 1.32 bits per heavy atom. The quantitative estimate of drug-likeness (QED) is 0.233.